The molecule has 0 aliphatic carbocycles. The van der Waals surface area contributed by atoms with Crippen molar-refractivity contribution in [1.29, 1.82) is 0 Å². The van der Waals surface area contributed by atoms with Crippen molar-refractivity contribution in [1.82, 2.24) is 15.0 Å². The van der Waals surface area contributed by atoms with Gasteiger partial charge in [0.05, 0.1) is 24.0 Å². The first-order valence-electron chi connectivity index (χ1n) is 6.84. The number of aromatic amines is 1. The number of imidazole rings is 1. The molecule has 21 heavy (non-hydrogen) atoms. The molecule has 0 saturated heterocycles. The third-order valence-electron chi connectivity index (χ3n) is 3.64. The number of nitrogens with two attached hydrogens (primary N) is 1. The summed E-state index contributed by atoms with van der Waals surface area (Å²) in [7, 11) is 1.64. The number of nitrogens with zero attached hydrogens (tertiary/aromatic N) is 2. The van der Waals surface area contributed by atoms with Crippen LogP contribution in [-0.4, -0.2) is 40.4 Å². The van der Waals surface area contributed by atoms with Crippen LogP contribution < -0.4 is 5.73 Å². The molecule has 3 aromatic rings. The number of hydrogen-bond acceptors (Lipinski definition) is 5. The van der Waals surface area contributed by atoms with Crippen molar-refractivity contribution in [3.8, 4) is 0 Å². The number of benzene rings is 1. The average Bonchev–Trinajstić information content (AvgIpc) is 2.98. The van der Waals surface area contributed by atoms with Crippen LogP contribution in [0.1, 0.15) is 5.56 Å². The minimum atomic E-state index is 0.0893. The highest BCUT2D eigenvalue weighted by atomic mass is 16.5. The summed E-state index contributed by atoms with van der Waals surface area (Å²) in [6.45, 7) is 0.638. The molecule has 1 unspecified atom stereocenters. The quantitative estimate of drug-likeness (QED) is 0.660. The van der Waals surface area contributed by atoms with Crippen molar-refractivity contribution in [2.45, 2.75) is 6.42 Å². The van der Waals surface area contributed by atoms with Gasteiger partial charge in [-0.3, -0.25) is 0 Å². The zero-order valence-electron chi connectivity index (χ0n) is 11.8. The third-order valence-corrected chi connectivity index (χ3v) is 3.64. The molecule has 2 aromatic heterocycles. The molecule has 1 atom stereocenters. The molecule has 0 aliphatic heterocycles. The number of aliphatic hydroxyl groups is 1. The van der Waals surface area contributed by atoms with Gasteiger partial charge < -0.3 is 20.6 Å². The topological polar surface area (TPSA) is 97.1 Å². The Labute approximate surface area is 122 Å². The van der Waals surface area contributed by atoms with Crippen molar-refractivity contribution < 1.29 is 9.84 Å². The summed E-state index contributed by atoms with van der Waals surface area (Å²) < 4.78 is 5.12. The number of fused-ring (bicyclic) bond motifs is 3. The van der Waals surface area contributed by atoms with Crippen molar-refractivity contribution >= 4 is 27.8 Å². The van der Waals surface area contributed by atoms with E-state index in [1.807, 2.05) is 12.1 Å². The second kappa shape index (κ2) is 5.67. The Morgan fingerprint density at radius 2 is 2.29 bits per heavy atom. The highest BCUT2D eigenvalue weighted by Crippen LogP contribution is 2.26. The van der Waals surface area contributed by atoms with E-state index in [4.69, 9.17) is 10.5 Å². The average molecular weight is 286 g/mol. The summed E-state index contributed by atoms with van der Waals surface area (Å²) in [5.41, 5.74) is 9.45. The number of ether oxygens (including phenoxy) is 1. The molecule has 0 spiro atoms. The number of hydrogen-bond donors (Lipinski definition) is 3. The predicted molar refractivity (Wildman–Crippen MR) is 82.0 cm³/mol. The molecule has 3 rings (SSSR count). The van der Waals surface area contributed by atoms with Crippen LogP contribution in [0.2, 0.25) is 0 Å². The summed E-state index contributed by atoms with van der Waals surface area (Å²) in [5.74, 6) is 0.519. The number of aromatic nitrogens is 3. The second-order valence-electron chi connectivity index (χ2n) is 5.18. The van der Waals surface area contributed by atoms with E-state index in [0.29, 0.717) is 17.9 Å². The summed E-state index contributed by atoms with van der Waals surface area (Å²) >= 11 is 0. The van der Waals surface area contributed by atoms with Gasteiger partial charge in [-0.05, 0) is 24.1 Å². The monoisotopic (exact) mass is 286 g/mol. The highest BCUT2D eigenvalue weighted by Gasteiger charge is 2.12. The lowest BCUT2D eigenvalue weighted by atomic mass is 9.99. The minimum absolute atomic E-state index is 0.0893. The number of anilines is 1. The van der Waals surface area contributed by atoms with Gasteiger partial charge in [-0.15, -0.1) is 0 Å². The molecule has 0 fully saturated rings. The molecule has 0 radical (unpaired) electrons. The van der Waals surface area contributed by atoms with E-state index in [9.17, 15) is 5.11 Å². The van der Waals surface area contributed by atoms with Crippen LogP contribution in [0, 0.1) is 5.92 Å². The number of H-pyrrole nitrogens is 1. The standard InChI is InChI=1S/C15H18N4O2/c1-21-7-10(6-20)4-9-2-3-12-11(5-9)13-14(15(16)19-12)18-8-17-13/h2-3,5,8,10,20H,4,6-7H2,1H3,(H2,16,19)(H,17,18). The molecule has 2 heterocycles. The van der Waals surface area contributed by atoms with Crippen LogP contribution >= 0.6 is 0 Å². The Bertz CT molecular complexity index is 769. The van der Waals surface area contributed by atoms with Gasteiger partial charge in [-0.1, -0.05) is 6.07 Å². The third kappa shape index (κ3) is 2.55. The van der Waals surface area contributed by atoms with Crippen LogP contribution in [0.4, 0.5) is 5.82 Å². The maximum Gasteiger partial charge on any atom is 0.152 e. The van der Waals surface area contributed by atoms with Gasteiger partial charge in [0.25, 0.3) is 0 Å². The number of nitrogens with one attached hydrogen (secondary N) is 1. The van der Waals surface area contributed by atoms with E-state index >= 15 is 0 Å². The number of methoxy groups -OCH3 is 1. The van der Waals surface area contributed by atoms with Crippen LogP contribution in [0.5, 0.6) is 0 Å². The van der Waals surface area contributed by atoms with E-state index in [-0.39, 0.29) is 12.5 Å². The summed E-state index contributed by atoms with van der Waals surface area (Å²) in [6, 6.07) is 6.03. The SMILES string of the molecule is COCC(CO)Cc1ccc2nc(N)c3nc[nH]c3c2c1. The lowest BCUT2D eigenvalue weighted by Crippen LogP contribution is -2.15. The Hall–Kier alpha value is -2.18. The van der Waals surface area contributed by atoms with Crippen molar-refractivity contribution in [2.24, 2.45) is 5.92 Å². The van der Waals surface area contributed by atoms with Gasteiger partial charge in [0.1, 0.15) is 5.52 Å². The molecule has 1 aromatic carbocycles. The first-order valence-corrected chi connectivity index (χ1v) is 6.84. The Balaban J connectivity index is 2.04. The largest absolute Gasteiger partial charge is 0.396 e. The predicted octanol–water partition coefficient (Wildman–Crippen LogP) is 1.49. The lowest BCUT2D eigenvalue weighted by molar-refractivity contribution is 0.110. The van der Waals surface area contributed by atoms with E-state index < -0.39 is 0 Å². The number of aliphatic hydroxyl groups excluding tert-OH is 1. The zero-order chi connectivity index (χ0) is 14.8. The molecule has 0 bridgehead atoms. The Kier molecular flexibility index (Phi) is 3.72. The maximum atomic E-state index is 9.38. The number of nitrogen functional groups attached to an aromatic ring is 1. The Morgan fingerprint density at radius 1 is 1.43 bits per heavy atom. The summed E-state index contributed by atoms with van der Waals surface area (Å²) in [4.78, 5) is 11.7. The van der Waals surface area contributed by atoms with Crippen LogP contribution in [0.3, 0.4) is 0 Å². The molecule has 110 valence electrons. The van der Waals surface area contributed by atoms with E-state index in [1.165, 1.54) is 0 Å². The molecule has 0 aliphatic rings. The van der Waals surface area contributed by atoms with Crippen molar-refractivity contribution in [3.63, 3.8) is 0 Å². The first-order chi connectivity index (χ1) is 10.2. The van der Waals surface area contributed by atoms with Crippen LogP contribution in [-0.2, 0) is 11.2 Å². The zero-order valence-corrected chi connectivity index (χ0v) is 11.8. The first kappa shape index (κ1) is 13.8. The maximum absolute atomic E-state index is 9.38. The molecule has 6 nitrogen and oxygen atoms in total. The van der Waals surface area contributed by atoms with Gasteiger partial charge >= 0.3 is 0 Å². The fourth-order valence-electron chi connectivity index (χ4n) is 2.63. The van der Waals surface area contributed by atoms with Gasteiger partial charge in [0.2, 0.25) is 0 Å². The lowest BCUT2D eigenvalue weighted by Gasteiger charge is -2.13. The fourth-order valence-corrected chi connectivity index (χ4v) is 2.63. The minimum Gasteiger partial charge on any atom is -0.396 e. The van der Waals surface area contributed by atoms with Crippen molar-refractivity contribution in [3.05, 3.63) is 30.1 Å². The van der Waals surface area contributed by atoms with Gasteiger partial charge in [-0.2, -0.15) is 0 Å². The van der Waals surface area contributed by atoms with Gasteiger partial charge in [-0.25, -0.2) is 9.97 Å². The Morgan fingerprint density at radius 3 is 3.05 bits per heavy atom. The summed E-state index contributed by atoms with van der Waals surface area (Å²) in [5, 5.41) is 10.4. The smallest absolute Gasteiger partial charge is 0.152 e. The summed E-state index contributed by atoms with van der Waals surface area (Å²) in [6.07, 6.45) is 2.37. The van der Waals surface area contributed by atoms with E-state index in [1.54, 1.807) is 13.4 Å². The molecule has 6 heteroatoms. The molecule has 0 amide bonds. The van der Waals surface area contributed by atoms with Crippen molar-refractivity contribution in [2.75, 3.05) is 26.1 Å². The highest BCUT2D eigenvalue weighted by molar-refractivity contribution is 6.06. The normalized spacial score (nSPS) is 13.0. The molecular formula is C15H18N4O2. The second-order valence-corrected chi connectivity index (χ2v) is 5.18. The van der Waals surface area contributed by atoms with E-state index in [2.05, 4.69) is 21.0 Å². The fraction of sp³-hybridized carbons (Fsp3) is 0.333. The van der Waals surface area contributed by atoms with Gasteiger partial charge in [0, 0.05) is 25.0 Å². The van der Waals surface area contributed by atoms with E-state index in [0.717, 1.165) is 28.4 Å². The van der Waals surface area contributed by atoms with Gasteiger partial charge in [0.15, 0.2) is 5.82 Å². The molecular weight excluding hydrogens is 268 g/mol. The number of pyridine rings is 1. The molecule has 4 N–H and O–H groups in total. The van der Waals surface area contributed by atoms with Crippen LogP contribution in [0.15, 0.2) is 24.5 Å². The number of rotatable bonds is 5. The van der Waals surface area contributed by atoms with Crippen LogP contribution in [0.25, 0.3) is 21.9 Å². The molecule has 0 saturated carbocycles.